The number of hydrogen-bond donors (Lipinski definition) is 1. The highest BCUT2D eigenvalue weighted by atomic mass is 16.5. The summed E-state index contributed by atoms with van der Waals surface area (Å²) in [5.41, 5.74) is 3.62. The summed E-state index contributed by atoms with van der Waals surface area (Å²) in [4.78, 5) is 26.4. The van der Waals surface area contributed by atoms with Gasteiger partial charge < -0.3 is 19.7 Å². The van der Waals surface area contributed by atoms with Crippen LogP contribution in [0.3, 0.4) is 0 Å². The third-order valence-electron chi connectivity index (χ3n) is 4.97. The van der Waals surface area contributed by atoms with E-state index in [0.29, 0.717) is 24.7 Å². The molecule has 6 heteroatoms. The number of rotatable bonds is 8. The van der Waals surface area contributed by atoms with Crippen LogP contribution in [-0.2, 0) is 16.1 Å². The SMILES string of the molecule is CCCCOc1ccc(CN2C(=O)[C@H](NC(C)=O)c3cc(C)ccc32)cc1OC. The fourth-order valence-corrected chi connectivity index (χ4v) is 3.50. The van der Waals surface area contributed by atoms with Gasteiger partial charge in [-0.3, -0.25) is 9.59 Å². The third-order valence-corrected chi connectivity index (χ3v) is 4.97. The molecular formula is C23H28N2O4. The lowest BCUT2D eigenvalue weighted by atomic mass is 10.1. The zero-order chi connectivity index (χ0) is 21.0. The Kier molecular flexibility index (Phi) is 6.42. The number of ether oxygens (including phenoxy) is 2. The summed E-state index contributed by atoms with van der Waals surface area (Å²) < 4.78 is 11.3. The number of fused-ring (bicyclic) bond motifs is 1. The monoisotopic (exact) mass is 396 g/mol. The van der Waals surface area contributed by atoms with Gasteiger partial charge in [0.2, 0.25) is 5.91 Å². The standard InChI is InChI=1S/C23H28N2O4/c1-5-6-11-29-20-10-8-17(13-21(20)28-4)14-25-19-9-7-15(2)12-18(19)22(23(25)27)24-16(3)26/h7-10,12-13,22H,5-6,11,14H2,1-4H3,(H,24,26)/t22-/m1/s1. The van der Waals surface area contributed by atoms with Gasteiger partial charge in [-0.2, -0.15) is 0 Å². The van der Waals surface area contributed by atoms with E-state index >= 15 is 0 Å². The zero-order valence-electron chi connectivity index (χ0n) is 17.5. The van der Waals surface area contributed by atoms with Crippen molar-refractivity contribution in [2.24, 2.45) is 0 Å². The van der Waals surface area contributed by atoms with E-state index in [1.165, 1.54) is 6.92 Å². The van der Waals surface area contributed by atoms with E-state index in [2.05, 4.69) is 12.2 Å². The van der Waals surface area contributed by atoms with E-state index in [4.69, 9.17) is 9.47 Å². The summed E-state index contributed by atoms with van der Waals surface area (Å²) >= 11 is 0. The molecule has 29 heavy (non-hydrogen) atoms. The Bertz CT molecular complexity index is 910. The second-order valence-corrected chi connectivity index (χ2v) is 7.31. The molecule has 2 amide bonds. The van der Waals surface area contributed by atoms with Gasteiger partial charge in [0.05, 0.1) is 20.3 Å². The number of amides is 2. The molecule has 1 atom stereocenters. The minimum absolute atomic E-state index is 0.136. The number of benzene rings is 2. The Hall–Kier alpha value is -3.02. The molecule has 2 aromatic rings. The van der Waals surface area contributed by atoms with E-state index in [-0.39, 0.29) is 11.8 Å². The topological polar surface area (TPSA) is 67.9 Å². The molecule has 0 radical (unpaired) electrons. The number of anilines is 1. The maximum absolute atomic E-state index is 13.1. The number of methoxy groups -OCH3 is 1. The van der Waals surface area contributed by atoms with Crippen molar-refractivity contribution in [1.29, 1.82) is 0 Å². The molecule has 1 heterocycles. The normalized spacial score (nSPS) is 15.2. The van der Waals surface area contributed by atoms with Crippen molar-refractivity contribution in [3.05, 3.63) is 53.1 Å². The van der Waals surface area contributed by atoms with Crippen LogP contribution < -0.4 is 19.7 Å². The molecule has 6 nitrogen and oxygen atoms in total. The molecular weight excluding hydrogens is 368 g/mol. The second kappa shape index (κ2) is 8.99. The molecule has 1 N–H and O–H groups in total. The predicted molar refractivity (Wildman–Crippen MR) is 112 cm³/mol. The van der Waals surface area contributed by atoms with Crippen molar-refractivity contribution < 1.29 is 19.1 Å². The van der Waals surface area contributed by atoms with Crippen molar-refractivity contribution in [2.75, 3.05) is 18.6 Å². The minimum atomic E-state index is -0.652. The molecule has 0 spiro atoms. The van der Waals surface area contributed by atoms with Gasteiger partial charge in [-0.15, -0.1) is 0 Å². The maximum atomic E-state index is 13.1. The van der Waals surface area contributed by atoms with Crippen LogP contribution in [0, 0.1) is 6.92 Å². The van der Waals surface area contributed by atoms with Crippen molar-refractivity contribution in [3.63, 3.8) is 0 Å². The Balaban J connectivity index is 1.86. The van der Waals surface area contributed by atoms with Crippen LogP contribution in [0.5, 0.6) is 11.5 Å². The number of nitrogens with zero attached hydrogens (tertiary/aromatic N) is 1. The molecule has 0 aliphatic carbocycles. The molecule has 0 bridgehead atoms. The Morgan fingerprint density at radius 2 is 1.97 bits per heavy atom. The second-order valence-electron chi connectivity index (χ2n) is 7.31. The molecule has 0 unspecified atom stereocenters. The highest BCUT2D eigenvalue weighted by Crippen LogP contribution is 2.38. The van der Waals surface area contributed by atoms with Crippen molar-refractivity contribution in [1.82, 2.24) is 5.32 Å². The molecule has 3 rings (SSSR count). The molecule has 0 saturated carbocycles. The van der Waals surface area contributed by atoms with Gasteiger partial charge in [0, 0.05) is 18.2 Å². The lowest BCUT2D eigenvalue weighted by Crippen LogP contribution is -2.36. The van der Waals surface area contributed by atoms with Gasteiger partial charge in [0.25, 0.3) is 5.91 Å². The number of carbonyl (C=O) groups is 2. The van der Waals surface area contributed by atoms with Gasteiger partial charge in [-0.05, 0) is 37.1 Å². The van der Waals surface area contributed by atoms with Gasteiger partial charge >= 0.3 is 0 Å². The first-order valence-corrected chi connectivity index (χ1v) is 9.93. The van der Waals surface area contributed by atoms with Gasteiger partial charge in [0.15, 0.2) is 11.5 Å². The number of aryl methyl sites for hydroxylation is 1. The molecule has 2 aromatic carbocycles. The van der Waals surface area contributed by atoms with Gasteiger partial charge in [-0.1, -0.05) is 37.1 Å². The van der Waals surface area contributed by atoms with Crippen molar-refractivity contribution in [3.8, 4) is 11.5 Å². The Labute approximate surface area is 171 Å². The summed E-state index contributed by atoms with van der Waals surface area (Å²) in [6.07, 6.45) is 2.04. The lowest BCUT2D eigenvalue weighted by Gasteiger charge is -2.19. The first-order chi connectivity index (χ1) is 13.9. The highest BCUT2D eigenvalue weighted by molar-refractivity contribution is 6.06. The predicted octanol–water partition coefficient (Wildman–Crippen LogP) is 3.91. The zero-order valence-corrected chi connectivity index (χ0v) is 17.5. The summed E-state index contributed by atoms with van der Waals surface area (Å²) in [5, 5.41) is 2.78. The van der Waals surface area contributed by atoms with E-state index in [1.54, 1.807) is 12.0 Å². The van der Waals surface area contributed by atoms with Crippen LogP contribution in [-0.4, -0.2) is 25.5 Å². The van der Waals surface area contributed by atoms with Crippen LogP contribution in [0.2, 0.25) is 0 Å². The van der Waals surface area contributed by atoms with Crippen molar-refractivity contribution in [2.45, 2.75) is 46.2 Å². The fourth-order valence-electron chi connectivity index (χ4n) is 3.50. The smallest absolute Gasteiger partial charge is 0.254 e. The molecule has 0 aromatic heterocycles. The van der Waals surface area contributed by atoms with Crippen molar-refractivity contribution >= 4 is 17.5 Å². The fraction of sp³-hybridized carbons (Fsp3) is 0.391. The summed E-state index contributed by atoms with van der Waals surface area (Å²) in [6, 6.07) is 10.9. The molecule has 1 aliphatic heterocycles. The first kappa shape index (κ1) is 20.7. The Morgan fingerprint density at radius 1 is 1.17 bits per heavy atom. The average Bonchev–Trinajstić information content (AvgIpc) is 2.93. The highest BCUT2D eigenvalue weighted by Gasteiger charge is 2.37. The van der Waals surface area contributed by atoms with Gasteiger partial charge in [-0.25, -0.2) is 0 Å². The lowest BCUT2D eigenvalue weighted by molar-refractivity contribution is -0.126. The van der Waals surface area contributed by atoms with Crippen LogP contribution in [0.15, 0.2) is 36.4 Å². The summed E-state index contributed by atoms with van der Waals surface area (Å²) in [5.74, 6) is 0.980. The van der Waals surface area contributed by atoms with Crippen LogP contribution in [0.1, 0.15) is 49.4 Å². The van der Waals surface area contributed by atoms with E-state index in [9.17, 15) is 9.59 Å². The summed E-state index contributed by atoms with van der Waals surface area (Å²) in [7, 11) is 1.61. The number of carbonyl (C=O) groups excluding carboxylic acids is 2. The largest absolute Gasteiger partial charge is 0.493 e. The van der Waals surface area contributed by atoms with Crippen LogP contribution in [0.4, 0.5) is 5.69 Å². The molecule has 0 saturated heterocycles. The van der Waals surface area contributed by atoms with E-state index < -0.39 is 6.04 Å². The van der Waals surface area contributed by atoms with Crippen LogP contribution >= 0.6 is 0 Å². The van der Waals surface area contributed by atoms with Gasteiger partial charge in [0.1, 0.15) is 6.04 Å². The first-order valence-electron chi connectivity index (χ1n) is 9.93. The quantitative estimate of drug-likeness (QED) is 0.687. The minimum Gasteiger partial charge on any atom is -0.493 e. The molecule has 0 fully saturated rings. The Morgan fingerprint density at radius 3 is 2.66 bits per heavy atom. The number of nitrogens with one attached hydrogen (secondary N) is 1. The summed E-state index contributed by atoms with van der Waals surface area (Å²) in [6.45, 7) is 6.54. The maximum Gasteiger partial charge on any atom is 0.254 e. The van der Waals surface area contributed by atoms with E-state index in [0.717, 1.165) is 35.2 Å². The number of hydrogen-bond acceptors (Lipinski definition) is 4. The molecule has 1 aliphatic rings. The number of unbranched alkanes of at least 4 members (excludes halogenated alkanes) is 1. The van der Waals surface area contributed by atoms with Crippen LogP contribution in [0.25, 0.3) is 0 Å². The third kappa shape index (κ3) is 4.53. The average molecular weight is 396 g/mol. The van der Waals surface area contributed by atoms with E-state index in [1.807, 2.05) is 43.3 Å². The molecule has 154 valence electrons.